The van der Waals surface area contributed by atoms with Gasteiger partial charge in [-0.15, -0.1) is 0 Å². The zero-order valence-electron chi connectivity index (χ0n) is 15.2. The predicted molar refractivity (Wildman–Crippen MR) is 101 cm³/mol. The number of benzene rings is 1. The number of rotatable bonds is 5. The summed E-state index contributed by atoms with van der Waals surface area (Å²) in [4.78, 5) is 24.4. The Balaban J connectivity index is 2.10. The van der Waals surface area contributed by atoms with Crippen molar-refractivity contribution in [3.8, 4) is 23.7 Å². The van der Waals surface area contributed by atoms with Gasteiger partial charge in [0.15, 0.2) is 9.84 Å². The first-order chi connectivity index (χ1) is 13.2. The lowest BCUT2D eigenvalue weighted by Gasteiger charge is -2.42. The van der Waals surface area contributed by atoms with E-state index in [1.165, 1.54) is 17.6 Å². The summed E-state index contributed by atoms with van der Waals surface area (Å²) in [5, 5.41) is 20.0. The van der Waals surface area contributed by atoms with Gasteiger partial charge in [-0.2, -0.15) is 0 Å². The lowest BCUT2D eigenvalue weighted by Crippen LogP contribution is -2.64. The number of sulfone groups is 1. The van der Waals surface area contributed by atoms with E-state index < -0.39 is 33.1 Å². The summed E-state index contributed by atoms with van der Waals surface area (Å²) in [7, 11) is -3.25. The number of aliphatic hydroxyl groups is 1. The van der Waals surface area contributed by atoms with Crippen molar-refractivity contribution in [2.45, 2.75) is 19.4 Å². The number of nitrogens with one attached hydrogen (secondary N) is 2. The van der Waals surface area contributed by atoms with Gasteiger partial charge in [0.1, 0.15) is 6.04 Å². The summed E-state index contributed by atoms with van der Waals surface area (Å²) in [6, 6.07) is 5.02. The third-order valence-electron chi connectivity index (χ3n) is 4.19. The number of hydrogen-bond acceptors (Lipinski definition) is 6. The van der Waals surface area contributed by atoms with Gasteiger partial charge >= 0.3 is 0 Å². The van der Waals surface area contributed by atoms with E-state index in [0.717, 1.165) is 0 Å². The smallest absolute Gasteiger partial charge is 0.266 e. The highest BCUT2D eigenvalue weighted by Crippen LogP contribution is 2.36. The van der Waals surface area contributed by atoms with E-state index in [1.54, 1.807) is 19.1 Å². The van der Waals surface area contributed by atoms with Crippen LogP contribution >= 0.6 is 0 Å². The molecule has 0 bridgehead atoms. The minimum Gasteiger partial charge on any atom is -0.395 e. The fourth-order valence-electron chi connectivity index (χ4n) is 2.94. The lowest BCUT2D eigenvalue weighted by atomic mass is 9.84. The van der Waals surface area contributed by atoms with E-state index in [-0.39, 0.29) is 23.7 Å². The average Bonchev–Trinajstić information content (AvgIpc) is 2.64. The van der Waals surface area contributed by atoms with Crippen molar-refractivity contribution in [3.63, 3.8) is 0 Å². The third kappa shape index (κ3) is 5.33. The maximum atomic E-state index is 12.5. The van der Waals surface area contributed by atoms with E-state index in [0.29, 0.717) is 12.0 Å². The standard InChI is InChI=1S/C19H20N2O6S/c1-19(12-28(26,27)13-19)16(18(24)21-25)20-17(23)15-9-7-14(8-10-15)6-4-2-3-5-11-22/h7-10,16,22,25H,5,11-13H2,1H3,(H,20,23)(H,21,24)/t16-/m1/s1. The molecule has 1 aromatic carbocycles. The average molecular weight is 404 g/mol. The molecule has 148 valence electrons. The number of aliphatic hydroxyl groups excluding tert-OH is 1. The van der Waals surface area contributed by atoms with Gasteiger partial charge in [0, 0.05) is 23.0 Å². The molecule has 0 radical (unpaired) electrons. The normalized spacial score (nSPS) is 16.8. The number of carbonyl (C=O) groups is 2. The first kappa shape index (κ1) is 21.5. The van der Waals surface area contributed by atoms with Gasteiger partial charge in [-0.25, -0.2) is 13.9 Å². The molecule has 1 aliphatic heterocycles. The van der Waals surface area contributed by atoms with Gasteiger partial charge in [-0.1, -0.05) is 18.8 Å². The van der Waals surface area contributed by atoms with Crippen LogP contribution in [0, 0.1) is 29.1 Å². The van der Waals surface area contributed by atoms with Gasteiger partial charge in [-0.05, 0) is 36.1 Å². The molecule has 8 nitrogen and oxygen atoms in total. The van der Waals surface area contributed by atoms with E-state index in [2.05, 4.69) is 29.0 Å². The van der Waals surface area contributed by atoms with Crippen molar-refractivity contribution in [1.29, 1.82) is 0 Å². The Kier molecular flexibility index (Phi) is 6.81. The van der Waals surface area contributed by atoms with Gasteiger partial charge in [-0.3, -0.25) is 14.8 Å². The van der Waals surface area contributed by atoms with Gasteiger partial charge in [0.2, 0.25) is 0 Å². The van der Waals surface area contributed by atoms with Crippen molar-refractivity contribution >= 4 is 21.7 Å². The maximum absolute atomic E-state index is 12.5. The molecule has 1 saturated heterocycles. The maximum Gasteiger partial charge on any atom is 0.266 e. The zero-order valence-corrected chi connectivity index (χ0v) is 16.0. The van der Waals surface area contributed by atoms with Crippen LogP contribution in [-0.2, 0) is 14.6 Å². The van der Waals surface area contributed by atoms with Crippen LogP contribution < -0.4 is 10.8 Å². The van der Waals surface area contributed by atoms with Crippen LogP contribution in [0.1, 0.15) is 29.3 Å². The summed E-state index contributed by atoms with van der Waals surface area (Å²) in [5.74, 6) is 8.68. The Labute approximate surface area is 163 Å². The molecule has 0 saturated carbocycles. The van der Waals surface area contributed by atoms with E-state index >= 15 is 0 Å². The molecule has 0 aliphatic carbocycles. The Morgan fingerprint density at radius 1 is 1.21 bits per heavy atom. The van der Waals surface area contributed by atoms with Crippen LogP contribution in [0.5, 0.6) is 0 Å². The molecule has 0 spiro atoms. The largest absolute Gasteiger partial charge is 0.395 e. The van der Waals surface area contributed by atoms with Crippen LogP contribution in [0.4, 0.5) is 0 Å². The Bertz CT molecular complexity index is 965. The molecular formula is C19H20N2O6S. The topological polar surface area (TPSA) is 133 Å². The predicted octanol–water partition coefficient (Wildman–Crippen LogP) is -0.538. The molecule has 4 N–H and O–H groups in total. The number of carbonyl (C=O) groups excluding carboxylic acids is 2. The molecular weight excluding hydrogens is 384 g/mol. The molecule has 1 heterocycles. The molecule has 1 fully saturated rings. The monoisotopic (exact) mass is 404 g/mol. The highest BCUT2D eigenvalue weighted by atomic mass is 32.2. The summed E-state index contributed by atoms with van der Waals surface area (Å²) >= 11 is 0. The summed E-state index contributed by atoms with van der Waals surface area (Å²) in [5.41, 5.74) is 1.35. The Morgan fingerprint density at radius 2 is 1.86 bits per heavy atom. The Morgan fingerprint density at radius 3 is 2.39 bits per heavy atom. The van der Waals surface area contributed by atoms with Gasteiger partial charge in [0.05, 0.1) is 18.1 Å². The van der Waals surface area contributed by atoms with Crippen molar-refractivity contribution in [2.24, 2.45) is 5.41 Å². The van der Waals surface area contributed by atoms with E-state index in [1.807, 2.05) is 0 Å². The number of hydroxylamine groups is 1. The molecule has 2 rings (SSSR count). The van der Waals surface area contributed by atoms with E-state index in [9.17, 15) is 18.0 Å². The SMILES string of the molecule is CC1([C@H](NC(=O)c2ccc(C#CC#CCCO)cc2)C(=O)NO)CS(=O)(=O)C1. The van der Waals surface area contributed by atoms with Crippen molar-refractivity contribution in [1.82, 2.24) is 10.8 Å². The Hall–Kier alpha value is -2.85. The second kappa shape index (κ2) is 8.89. The van der Waals surface area contributed by atoms with Crippen molar-refractivity contribution in [2.75, 3.05) is 18.1 Å². The minimum atomic E-state index is -3.25. The van der Waals surface area contributed by atoms with Crippen LogP contribution in [0.2, 0.25) is 0 Å². The van der Waals surface area contributed by atoms with Gasteiger partial charge in [0.25, 0.3) is 11.8 Å². The van der Waals surface area contributed by atoms with Gasteiger partial charge < -0.3 is 10.4 Å². The fraction of sp³-hybridized carbons (Fsp3) is 0.368. The highest BCUT2D eigenvalue weighted by molar-refractivity contribution is 7.92. The molecule has 0 aromatic heterocycles. The van der Waals surface area contributed by atoms with Crippen LogP contribution in [0.15, 0.2) is 24.3 Å². The van der Waals surface area contributed by atoms with Crippen LogP contribution in [0.3, 0.4) is 0 Å². The summed E-state index contributed by atoms with van der Waals surface area (Å²) in [6.45, 7) is 1.53. The highest BCUT2D eigenvalue weighted by Gasteiger charge is 2.53. The number of amides is 2. The van der Waals surface area contributed by atoms with Crippen molar-refractivity contribution in [3.05, 3.63) is 35.4 Å². The fourth-order valence-corrected chi connectivity index (χ4v) is 5.19. The first-order valence-electron chi connectivity index (χ1n) is 8.36. The zero-order chi connectivity index (χ0) is 20.8. The number of hydrogen-bond donors (Lipinski definition) is 4. The lowest BCUT2D eigenvalue weighted by molar-refractivity contribution is -0.133. The molecule has 1 atom stereocenters. The van der Waals surface area contributed by atoms with E-state index in [4.69, 9.17) is 10.3 Å². The molecule has 2 amide bonds. The molecule has 1 aromatic rings. The first-order valence-corrected chi connectivity index (χ1v) is 10.2. The second-order valence-corrected chi connectivity index (χ2v) is 8.74. The van der Waals surface area contributed by atoms with Crippen molar-refractivity contribution < 1.29 is 28.3 Å². The summed E-state index contributed by atoms with van der Waals surface area (Å²) < 4.78 is 23.0. The molecule has 0 unspecified atom stereocenters. The quantitative estimate of drug-likeness (QED) is 0.296. The molecule has 9 heteroatoms. The third-order valence-corrected chi connectivity index (χ3v) is 6.38. The molecule has 1 aliphatic rings. The summed E-state index contributed by atoms with van der Waals surface area (Å²) in [6.07, 6.45) is 0.344. The van der Waals surface area contributed by atoms with Crippen LogP contribution in [0.25, 0.3) is 0 Å². The second-order valence-electron chi connectivity index (χ2n) is 6.67. The molecule has 28 heavy (non-hydrogen) atoms. The minimum absolute atomic E-state index is 0.0290. The van der Waals surface area contributed by atoms with Crippen LogP contribution in [-0.4, -0.2) is 54.7 Å².